The molecule has 0 aliphatic rings. The fourth-order valence-electron chi connectivity index (χ4n) is 12.9. The third-order valence-electron chi connectivity index (χ3n) is 16.1. The molecule has 0 aliphatic heterocycles. The summed E-state index contributed by atoms with van der Waals surface area (Å²) in [4.78, 5) is 20.8. The average molecular weight is 999 g/mol. The van der Waals surface area contributed by atoms with Crippen LogP contribution in [0.25, 0.3) is 144 Å². The molecular formula is C70H46N8. The molecule has 0 spiro atoms. The molecule has 0 fully saturated rings. The van der Waals surface area contributed by atoms with E-state index in [1.165, 1.54) is 10.8 Å². The Morgan fingerprint density at radius 2 is 0.641 bits per heavy atom. The predicted molar refractivity (Wildman–Crippen MR) is 321 cm³/mol. The molecule has 8 heterocycles. The summed E-state index contributed by atoms with van der Waals surface area (Å²) in [5, 5.41) is 8.70. The van der Waals surface area contributed by atoms with Crippen molar-refractivity contribution in [1.82, 2.24) is 38.2 Å². The molecule has 8 heteroatoms. The van der Waals surface area contributed by atoms with E-state index in [1.807, 2.05) is 37.2 Å². The second-order valence-corrected chi connectivity index (χ2v) is 20.3. The molecule has 0 atom stereocenters. The summed E-state index contributed by atoms with van der Waals surface area (Å²) < 4.78 is 9.86. The zero-order chi connectivity index (χ0) is 51.6. The van der Waals surface area contributed by atoms with Crippen molar-refractivity contribution in [1.29, 1.82) is 0 Å². The third-order valence-corrected chi connectivity index (χ3v) is 16.1. The molecule has 0 amide bonds. The van der Waals surface area contributed by atoms with Crippen LogP contribution in [0.1, 0.15) is 11.1 Å². The van der Waals surface area contributed by atoms with Gasteiger partial charge in [0, 0.05) is 91.4 Å². The number of nitrogens with zero attached hydrogens (tertiary/aromatic N) is 8. The van der Waals surface area contributed by atoms with E-state index >= 15 is 0 Å². The Balaban J connectivity index is 1.29. The highest BCUT2D eigenvalue weighted by atomic mass is 15.2. The molecule has 0 aliphatic carbocycles. The first-order chi connectivity index (χ1) is 38.6. The van der Waals surface area contributed by atoms with Crippen molar-refractivity contribution in [2.24, 2.45) is 0 Å². The van der Waals surface area contributed by atoms with Crippen LogP contribution in [0.3, 0.4) is 0 Å². The lowest BCUT2D eigenvalue weighted by Crippen LogP contribution is -2.17. The smallest absolute Gasteiger partial charge is 0.165 e. The van der Waals surface area contributed by atoms with E-state index in [2.05, 4.69) is 238 Å². The lowest BCUT2D eigenvalue weighted by Gasteiger charge is -2.29. The third kappa shape index (κ3) is 6.22. The van der Waals surface area contributed by atoms with Crippen LogP contribution in [-0.4, -0.2) is 38.2 Å². The van der Waals surface area contributed by atoms with Crippen molar-refractivity contribution in [3.05, 3.63) is 255 Å². The van der Waals surface area contributed by atoms with Gasteiger partial charge in [0.25, 0.3) is 0 Å². The molecule has 0 bridgehead atoms. The molecule has 0 unspecified atom stereocenters. The van der Waals surface area contributed by atoms with Gasteiger partial charge in [-0.1, -0.05) is 170 Å². The lowest BCUT2D eigenvalue weighted by molar-refractivity contribution is 0.959. The van der Waals surface area contributed by atoms with E-state index in [4.69, 9.17) is 19.9 Å². The largest absolute Gasteiger partial charge is 0.305 e. The number of para-hydroxylation sites is 5. The molecule has 0 N–H and O–H groups in total. The quantitative estimate of drug-likeness (QED) is 0.159. The van der Waals surface area contributed by atoms with Crippen LogP contribution < -0.4 is 0 Å². The minimum atomic E-state index is 0.747. The molecule has 78 heavy (non-hydrogen) atoms. The number of aromatic nitrogens is 8. The Hall–Kier alpha value is -10.4. The fourth-order valence-corrected chi connectivity index (χ4v) is 12.9. The summed E-state index contributed by atoms with van der Waals surface area (Å²) in [7, 11) is 0. The Labute approximate surface area is 448 Å². The standard InChI is InChI=1S/C70H46N8/c1-43-18-15-29-52-53-30-16-19-44(2)66(53)78(65(43)52)68-64(63-47(45-20-5-3-6-21-45)27-17-28-48(63)46-22-7-4-8-23-46)67(75-57-31-12-9-24-49(57)54-40-71-37-34-60(54)75)69(76-58-32-13-10-25-50(58)55-41-72-38-35-61(55)76)74-70(68)77-59-33-14-11-26-51(59)56-42-73-39-36-62(56)77/h3-42H,1-2H3. The molecule has 0 saturated carbocycles. The summed E-state index contributed by atoms with van der Waals surface area (Å²) in [5.41, 5.74) is 18.8. The lowest BCUT2D eigenvalue weighted by atomic mass is 9.86. The van der Waals surface area contributed by atoms with Crippen molar-refractivity contribution in [3.8, 4) is 56.4 Å². The first-order valence-corrected chi connectivity index (χ1v) is 26.4. The monoisotopic (exact) mass is 998 g/mol. The van der Waals surface area contributed by atoms with Crippen LogP contribution in [0, 0.1) is 13.8 Å². The highest BCUT2D eigenvalue weighted by molar-refractivity contribution is 6.17. The summed E-state index contributed by atoms with van der Waals surface area (Å²) in [5.74, 6) is 1.51. The maximum absolute atomic E-state index is 6.48. The van der Waals surface area contributed by atoms with E-state index < -0.39 is 0 Å². The van der Waals surface area contributed by atoms with Crippen LogP contribution in [-0.2, 0) is 0 Å². The molecule has 16 aromatic rings. The number of rotatable bonds is 7. The van der Waals surface area contributed by atoms with E-state index in [0.29, 0.717) is 0 Å². The van der Waals surface area contributed by atoms with Gasteiger partial charge in [-0.3, -0.25) is 24.1 Å². The first-order valence-electron chi connectivity index (χ1n) is 26.4. The average Bonchev–Trinajstić information content (AvgIpc) is 3.94. The Morgan fingerprint density at radius 1 is 0.282 bits per heavy atom. The van der Waals surface area contributed by atoms with Gasteiger partial charge in [-0.15, -0.1) is 0 Å². The maximum atomic E-state index is 6.48. The van der Waals surface area contributed by atoms with Gasteiger partial charge in [0.05, 0.1) is 44.1 Å². The SMILES string of the molecule is Cc1cccc2c3cccc(C)c3n(-c3c(-n4c5ccccc5c5cnccc54)nc(-n4c5ccccc5c5cnccc54)c(-n4c5ccccc5c5cnccc54)c3-c3c(-c4ccccc4)cccc3-c3ccccc3)c12. The second kappa shape index (κ2) is 17.0. The van der Waals surface area contributed by atoms with E-state index in [-0.39, 0.29) is 0 Å². The molecule has 366 valence electrons. The minimum absolute atomic E-state index is 0.747. The van der Waals surface area contributed by atoms with Gasteiger partial charge >= 0.3 is 0 Å². The molecule has 8 aromatic carbocycles. The molecule has 0 radical (unpaired) electrons. The zero-order valence-electron chi connectivity index (χ0n) is 42.7. The second-order valence-electron chi connectivity index (χ2n) is 20.3. The summed E-state index contributed by atoms with van der Waals surface area (Å²) in [6.07, 6.45) is 11.8. The van der Waals surface area contributed by atoms with E-state index in [0.717, 1.165) is 144 Å². The number of hydrogen-bond acceptors (Lipinski definition) is 4. The Kier molecular flexibility index (Phi) is 9.59. The van der Waals surface area contributed by atoms with Crippen LogP contribution >= 0.6 is 0 Å². The molecule has 0 saturated heterocycles. The van der Waals surface area contributed by atoms with Crippen LogP contribution in [0.5, 0.6) is 0 Å². The van der Waals surface area contributed by atoms with Gasteiger partial charge in [0.15, 0.2) is 11.6 Å². The molecular weight excluding hydrogens is 953 g/mol. The van der Waals surface area contributed by atoms with Crippen molar-refractivity contribution < 1.29 is 0 Å². The van der Waals surface area contributed by atoms with Gasteiger partial charge in [-0.05, 0) is 83.6 Å². The van der Waals surface area contributed by atoms with Crippen LogP contribution in [0.2, 0.25) is 0 Å². The number of pyridine rings is 4. The Bertz CT molecular complexity index is 4840. The topological polar surface area (TPSA) is 71.3 Å². The van der Waals surface area contributed by atoms with Crippen LogP contribution in [0.4, 0.5) is 0 Å². The van der Waals surface area contributed by atoms with Gasteiger partial charge in [0.2, 0.25) is 0 Å². The number of fused-ring (bicyclic) bond motifs is 12. The Morgan fingerprint density at radius 3 is 1.10 bits per heavy atom. The molecule has 8 nitrogen and oxygen atoms in total. The molecule has 8 aromatic heterocycles. The number of hydrogen-bond donors (Lipinski definition) is 0. The van der Waals surface area contributed by atoms with Gasteiger partial charge < -0.3 is 9.13 Å². The zero-order valence-corrected chi connectivity index (χ0v) is 42.7. The highest BCUT2D eigenvalue weighted by Crippen LogP contribution is 2.53. The van der Waals surface area contributed by atoms with Crippen molar-refractivity contribution in [2.45, 2.75) is 13.8 Å². The van der Waals surface area contributed by atoms with Crippen molar-refractivity contribution in [2.75, 3.05) is 0 Å². The normalized spacial score (nSPS) is 12.0. The van der Waals surface area contributed by atoms with E-state index in [1.54, 1.807) is 0 Å². The van der Waals surface area contributed by atoms with Gasteiger partial charge in [-0.25, -0.2) is 4.98 Å². The summed E-state index contributed by atoms with van der Waals surface area (Å²) in [6.45, 7) is 4.50. The first kappa shape index (κ1) is 43.9. The highest BCUT2D eigenvalue weighted by Gasteiger charge is 2.35. The summed E-state index contributed by atoms with van der Waals surface area (Å²) in [6, 6.07) is 74.7. The predicted octanol–water partition coefficient (Wildman–Crippen LogP) is 17.3. The van der Waals surface area contributed by atoms with Crippen molar-refractivity contribution >= 4 is 87.2 Å². The minimum Gasteiger partial charge on any atom is -0.305 e. The van der Waals surface area contributed by atoms with Crippen molar-refractivity contribution in [3.63, 3.8) is 0 Å². The van der Waals surface area contributed by atoms with E-state index in [9.17, 15) is 0 Å². The van der Waals surface area contributed by atoms with Gasteiger partial charge in [0.1, 0.15) is 11.4 Å². The fraction of sp³-hybridized carbons (Fsp3) is 0.0286. The molecule has 16 rings (SSSR count). The number of benzene rings is 8. The number of aryl methyl sites for hydroxylation is 2. The summed E-state index contributed by atoms with van der Waals surface area (Å²) >= 11 is 0. The van der Waals surface area contributed by atoms with Crippen LogP contribution in [0.15, 0.2) is 243 Å². The van der Waals surface area contributed by atoms with Gasteiger partial charge in [-0.2, -0.15) is 0 Å². The maximum Gasteiger partial charge on any atom is 0.165 e.